The van der Waals surface area contributed by atoms with E-state index in [1.54, 1.807) is 48.5 Å². The van der Waals surface area contributed by atoms with Crippen LogP contribution in [0, 0.1) is 11.8 Å². The summed E-state index contributed by atoms with van der Waals surface area (Å²) in [6.45, 7) is 2.15. The lowest BCUT2D eigenvalue weighted by Crippen LogP contribution is -2.53. The lowest BCUT2D eigenvalue weighted by atomic mass is 9.70. The van der Waals surface area contributed by atoms with Crippen molar-refractivity contribution in [3.63, 3.8) is 0 Å². The monoisotopic (exact) mass is 607 g/mol. The van der Waals surface area contributed by atoms with Gasteiger partial charge < -0.3 is 25.4 Å². The van der Waals surface area contributed by atoms with Gasteiger partial charge in [-0.2, -0.15) is 0 Å². The van der Waals surface area contributed by atoms with Crippen LogP contribution in [0.4, 0.5) is 11.4 Å². The van der Waals surface area contributed by atoms with Crippen molar-refractivity contribution in [2.45, 2.75) is 34.2 Å². The largest absolute Gasteiger partial charge is 0.494 e. The van der Waals surface area contributed by atoms with E-state index in [-0.39, 0.29) is 41.0 Å². The van der Waals surface area contributed by atoms with Gasteiger partial charge >= 0.3 is 0 Å². The van der Waals surface area contributed by atoms with E-state index in [0.29, 0.717) is 35.2 Å². The number of hydrogen-bond acceptors (Lipinski definition) is 6. The molecular formula is C26H27BrClN3O5S. The number of anilines is 2. The van der Waals surface area contributed by atoms with E-state index in [0.717, 1.165) is 0 Å². The molecule has 3 aliphatic heterocycles. The summed E-state index contributed by atoms with van der Waals surface area (Å²) < 4.78 is 4.66. The number of rotatable bonds is 8. The van der Waals surface area contributed by atoms with Gasteiger partial charge in [0.1, 0.15) is 11.8 Å². The second kappa shape index (κ2) is 10.5. The Bertz CT molecular complexity index is 1220. The van der Waals surface area contributed by atoms with Gasteiger partial charge in [-0.25, -0.2) is 0 Å². The fourth-order valence-electron chi connectivity index (χ4n) is 5.87. The van der Waals surface area contributed by atoms with Crippen LogP contribution in [-0.4, -0.2) is 68.4 Å². The Morgan fingerprint density at radius 3 is 2.59 bits per heavy atom. The number of carbonyl (C=O) groups is 3. The minimum Gasteiger partial charge on any atom is -0.494 e. The molecule has 2 bridgehead atoms. The predicted octanol–water partition coefficient (Wildman–Crippen LogP) is 3.77. The van der Waals surface area contributed by atoms with Gasteiger partial charge in [-0.05, 0) is 49.7 Å². The Morgan fingerprint density at radius 1 is 1.19 bits per heavy atom. The zero-order valence-corrected chi connectivity index (χ0v) is 23.2. The molecule has 3 fully saturated rings. The molecule has 2 aromatic rings. The summed E-state index contributed by atoms with van der Waals surface area (Å²) in [6, 6.07) is 13.1. The molecule has 196 valence electrons. The molecule has 0 aliphatic carbocycles. The molecule has 3 heterocycles. The van der Waals surface area contributed by atoms with Crippen LogP contribution in [0.2, 0.25) is 5.02 Å². The topological polar surface area (TPSA) is 108 Å². The molecule has 0 saturated carbocycles. The zero-order chi connectivity index (χ0) is 26.3. The number of aliphatic hydroxyl groups is 1. The van der Waals surface area contributed by atoms with Crippen LogP contribution in [0.5, 0.6) is 5.75 Å². The summed E-state index contributed by atoms with van der Waals surface area (Å²) in [7, 11) is 0. The summed E-state index contributed by atoms with van der Waals surface area (Å²) in [6.07, 6.45) is 0.550. The van der Waals surface area contributed by atoms with Crippen molar-refractivity contribution in [2.24, 2.45) is 11.8 Å². The molecule has 3 aliphatic rings. The van der Waals surface area contributed by atoms with Crippen molar-refractivity contribution < 1.29 is 24.2 Å². The van der Waals surface area contributed by atoms with Crippen LogP contribution < -0.4 is 15.4 Å². The fourth-order valence-corrected chi connectivity index (χ4v) is 9.66. The van der Waals surface area contributed by atoms with Crippen molar-refractivity contribution in [3.8, 4) is 5.75 Å². The highest BCUT2D eigenvalue weighted by Crippen LogP contribution is 2.67. The van der Waals surface area contributed by atoms with E-state index in [4.69, 9.17) is 16.3 Å². The highest BCUT2D eigenvalue weighted by atomic mass is 79.9. The first-order valence-corrected chi connectivity index (χ1v) is 14.3. The lowest BCUT2D eigenvalue weighted by molar-refractivity contribution is -0.138. The molecule has 8 nitrogen and oxygen atoms in total. The Morgan fingerprint density at radius 2 is 1.92 bits per heavy atom. The van der Waals surface area contributed by atoms with Crippen molar-refractivity contribution in [2.75, 3.05) is 30.4 Å². The number of ether oxygens (including phenoxy) is 1. The van der Waals surface area contributed by atoms with Crippen LogP contribution >= 0.6 is 39.3 Å². The average molecular weight is 609 g/mol. The third-order valence-corrected chi connectivity index (χ3v) is 10.8. The molecule has 6 atom stereocenters. The normalized spacial score (nSPS) is 29.8. The Kier molecular flexibility index (Phi) is 7.46. The summed E-state index contributed by atoms with van der Waals surface area (Å²) in [5.74, 6) is -1.54. The number of carbonyl (C=O) groups excluding carboxylic acids is 3. The molecule has 37 heavy (non-hydrogen) atoms. The molecular weight excluding hydrogens is 582 g/mol. The third kappa shape index (κ3) is 4.51. The number of halogens is 2. The minimum absolute atomic E-state index is 0.00308. The second-order valence-electron chi connectivity index (χ2n) is 9.33. The average Bonchev–Trinajstić information content (AvgIpc) is 3.46. The van der Waals surface area contributed by atoms with E-state index in [2.05, 4.69) is 26.6 Å². The molecule has 3 unspecified atom stereocenters. The number of nitrogens with zero attached hydrogens (tertiary/aromatic N) is 1. The van der Waals surface area contributed by atoms with E-state index in [1.807, 2.05) is 6.92 Å². The number of fused-ring (bicyclic) bond motifs is 1. The molecule has 1 spiro atoms. The van der Waals surface area contributed by atoms with E-state index >= 15 is 0 Å². The standard InChI is InChI=1S/C26H27BrClN3O5S/c1-2-36-15-9-7-14(8-10-15)29-23(33)19-20-25(35)31(11-12-32)22(26(20)13-16(27)21(19)37-26)24(34)30-18-6-4-3-5-17(18)28/h3-10,16,19-22,32H,2,11-13H2,1H3,(H,29,33)(H,30,34)/t16?,19-,20-,21-,22?,26?/m0/s1. The predicted molar refractivity (Wildman–Crippen MR) is 147 cm³/mol. The van der Waals surface area contributed by atoms with Gasteiger partial charge in [0.2, 0.25) is 17.7 Å². The number of aliphatic hydroxyl groups excluding tert-OH is 1. The van der Waals surface area contributed by atoms with Crippen LogP contribution in [0.15, 0.2) is 48.5 Å². The van der Waals surface area contributed by atoms with Crippen LogP contribution in [-0.2, 0) is 14.4 Å². The van der Waals surface area contributed by atoms with Gasteiger partial charge in [0.25, 0.3) is 0 Å². The highest BCUT2D eigenvalue weighted by molar-refractivity contribution is 9.09. The summed E-state index contributed by atoms with van der Waals surface area (Å²) in [5, 5.41) is 15.8. The molecule has 0 radical (unpaired) electrons. The number of hydrogen-bond donors (Lipinski definition) is 3. The number of benzene rings is 2. The number of β-amino-alcohol motifs (C(OH)–C–C–N with tert-alkyl or cyclic N) is 1. The van der Waals surface area contributed by atoms with E-state index < -0.39 is 22.6 Å². The van der Waals surface area contributed by atoms with Gasteiger partial charge in [0.05, 0.1) is 40.5 Å². The number of alkyl halides is 1. The molecule has 3 N–H and O–H groups in total. The minimum atomic E-state index is -0.855. The maximum Gasteiger partial charge on any atom is 0.248 e. The quantitative estimate of drug-likeness (QED) is 0.394. The van der Waals surface area contributed by atoms with Crippen LogP contribution in [0.25, 0.3) is 0 Å². The Labute approximate surface area is 232 Å². The highest BCUT2D eigenvalue weighted by Gasteiger charge is 2.75. The first-order valence-electron chi connectivity index (χ1n) is 12.1. The van der Waals surface area contributed by atoms with Crippen molar-refractivity contribution in [3.05, 3.63) is 53.6 Å². The second-order valence-corrected chi connectivity index (χ2v) is 12.5. The van der Waals surface area contributed by atoms with Gasteiger partial charge in [-0.15, -0.1) is 11.8 Å². The summed E-state index contributed by atoms with van der Waals surface area (Å²) in [5.41, 5.74) is 1.05. The Hall–Kier alpha value is -2.27. The van der Waals surface area contributed by atoms with E-state index in [1.165, 1.54) is 16.7 Å². The number of thioether (sulfide) groups is 1. The number of likely N-dealkylation sites (tertiary alicyclic amines) is 1. The lowest BCUT2D eigenvalue weighted by Gasteiger charge is -2.35. The molecule has 11 heteroatoms. The summed E-state index contributed by atoms with van der Waals surface area (Å²) in [4.78, 5) is 42.5. The number of amides is 3. The Balaban J connectivity index is 1.44. The van der Waals surface area contributed by atoms with Gasteiger partial charge in [0, 0.05) is 22.3 Å². The third-order valence-electron chi connectivity index (χ3n) is 7.25. The van der Waals surface area contributed by atoms with Crippen LogP contribution in [0.1, 0.15) is 13.3 Å². The van der Waals surface area contributed by atoms with Gasteiger partial charge in [-0.3, -0.25) is 14.4 Å². The fraction of sp³-hybridized carbons (Fsp3) is 0.423. The maximum atomic E-state index is 13.8. The maximum absolute atomic E-state index is 13.8. The van der Waals surface area contributed by atoms with Crippen LogP contribution in [0.3, 0.4) is 0 Å². The van der Waals surface area contributed by atoms with E-state index in [9.17, 15) is 19.5 Å². The molecule has 0 aromatic heterocycles. The number of nitrogens with one attached hydrogen (secondary N) is 2. The van der Waals surface area contributed by atoms with Crippen molar-refractivity contribution >= 4 is 68.4 Å². The van der Waals surface area contributed by atoms with Gasteiger partial charge in [0.15, 0.2) is 0 Å². The molecule has 5 rings (SSSR count). The first-order chi connectivity index (χ1) is 17.8. The smallest absolute Gasteiger partial charge is 0.248 e. The van der Waals surface area contributed by atoms with Crippen molar-refractivity contribution in [1.29, 1.82) is 0 Å². The zero-order valence-electron chi connectivity index (χ0n) is 20.0. The molecule has 3 saturated heterocycles. The first kappa shape index (κ1) is 26.3. The molecule has 3 amide bonds. The summed E-state index contributed by atoms with van der Waals surface area (Å²) >= 11 is 11.5. The molecule has 2 aromatic carbocycles. The SMILES string of the molecule is CCOc1ccc(NC(=O)[C@H]2[C@H]3C(=O)N(CCO)C(C(=O)Nc4ccccc4Cl)C34CC(Br)[C@@H]2S4)cc1. The van der Waals surface area contributed by atoms with Crippen molar-refractivity contribution in [1.82, 2.24) is 4.90 Å². The van der Waals surface area contributed by atoms with Gasteiger partial charge in [-0.1, -0.05) is 39.7 Å². The number of para-hydroxylation sites is 1.